The van der Waals surface area contributed by atoms with Crippen molar-refractivity contribution in [2.75, 3.05) is 23.4 Å². The molecule has 0 saturated heterocycles. The highest BCUT2D eigenvalue weighted by Gasteiger charge is 2.31. The number of rotatable bonds is 2. The standard InChI is InChI=1S/C17H15N3O2S/c21-10-11-9-20(14-7-3-1-5-12(11)14)17(22)19-16-18-13-6-2-4-8-15(13)23-16/h1-8,11,21H,9-10H2,(H,18,19,22). The SMILES string of the molecule is O=C(Nc1nc2ccccc2s1)N1CC(CO)c2ccccc21. The number of hydrogen-bond acceptors (Lipinski definition) is 4. The molecule has 2 N–H and O–H groups in total. The van der Waals surface area contributed by atoms with Crippen molar-refractivity contribution in [1.29, 1.82) is 0 Å². The average Bonchev–Trinajstić information content (AvgIpc) is 3.15. The number of hydrogen-bond donors (Lipinski definition) is 2. The Labute approximate surface area is 137 Å². The Morgan fingerprint density at radius 1 is 1.26 bits per heavy atom. The molecule has 0 aliphatic carbocycles. The van der Waals surface area contributed by atoms with Gasteiger partial charge in [-0.3, -0.25) is 10.2 Å². The maximum atomic E-state index is 12.6. The van der Waals surface area contributed by atoms with Gasteiger partial charge in [-0.1, -0.05) is 41.7 Å². The van der Waals surface area contributed by atoms with E-state index in [9.17, 15) is 9.90 Å². The number of para-hydroxylation sites is 2. The largest absolute Gasteiger partial charge is 0.396 e. The number of aromatic nitrogens is 1. The molecule has 1 aliphatic rings. The van der Waals surface area contributed by atoms with E-state index in [4.69, 9.17) is 0 Å². The third-order valence-electron chi connectivity index (χ3n) is 4.04. The van der Waals surface area contributed by atoms with Gasteiger partial charge in [0.15, 0.2) is 5.13 Å². The minimum Gasteiger partial charge on any atom is -0.396 e. The molecule has 4 rings (SSSR count). The Morgan fingerprint density at radius 3 is 2.87 bits per heavy atom. The summed E-state index contributed by atoms with van der Waals surface area (Å²) in [5, 5.41) is 13.0. The van der Waals surface area contributed by atoms with Crippen LogP contribution in [0.25, 0.3) is 10.2 Å². The maximum Gasteiger partial charge on any atom is 0.328 e. The fourth-order valence-corrected chi connectivity index (χ4v) is 3.78. The van der Waals surface area contributed by atoms with Crippen LogP contribution in [0.4, 0.5) is 15.6 Å². The topological polar surface area (TPSA) is 65.5 Å². The molecule has 0 saturated carbocycles. The van der Waals surface area contributed by atoms with E-state index in [2.05, 4.69) is 10.3 Å². The lowest BCUT2D eigenvalue weighted by Crippen LogP contribution is -2.34. The van der Waals surface area contributed by atoms with Gasteiger partial charge in [0, 0.05) is 18.2 Å². The van der Waals surface area contributed by atoms with Gasteiger partial charge in [0.05, 0.1) is 16.8 Å². The summed E-state index contributed by atoms with van der Waals surface area (Å²) < 4.78 is 1.04. The average molecular weight is 325 g/mol. The molecule has 6 heteroatoms. The fourth-order valence-electron chi connectivity index (χ4n) is 2.93. The number of fused-ring (bicyclic) bond motifs is 2. The van der Waals surface area contributed by atoms with Gasteiger partial charge in [-0.15, -0.1) is 0 Å². The van der Waals surface area contributed by atoms with E-state index >= 15 is 0 Å². The number of anilines is 2. The zero-order valence-corrected chi connectivity index (χ0v) is 13.1. The number of amides is 2. The lowest BCUT2D eigenvalue weighted by molar-refractivity contribution is 0.253. The number of urea groups is 1. The summed E-state index contributed by atoms with van der Waals surface area (Å²) in [5.41, 5.74) is 2.74. The first-order valence-electron chi connectivity index (χ1n) is 7.40. The lowest BCUT2D eigenvalue weighted by atomic mass is 10.0. The Morgan fingerprint density at radius 2 is 2.04 bits per heavy atom. The molecular weight excluding hydrogens is 310 g/mol. The van der Waals surface area contributed by atoms with E-state index in [1.54, 1.807) is 4.90 Å². The summed E-state index contributed by atoms with van der Waals surface area (Å²) in [6.07, 6.45) is 0. The van der Waals surface area contributed by atoms with Crippen molar-refractivity contribution in [3.63, 3.8) is 0 Å². The van der Waals surface area contributed by atoms with Crippen molar-refractivity contribution in [3.8, 4) is 0 Å². The van der Waals surface area contributed by atoms with E-state index in [-0.39, 0.29) is 18.6 Å². The molecule has 0 spiro atoms. The van der Waals surface area contributed by atoms with Gasteiger partial charge in [0.25, 0.3) is 0 Å². The second-order valence-corrected chi connectivity index (χ2v) is 6.50. The van der Waals surface area contributed by atoms with Crippen molar-refractivity contribution < 1.29 is 9.90 Å². The van der Waals surface area contributed by atoms with Crippen molar-refractivity contribution in [2.24, 2.45) is 0 Å². The van der Waals surface area contributed by atoms with Gasteiger partial charge in [-0.25, -0.2) is 9.78 Å². The van der Waals surface area contributed by atoms with Crippen LogP contribution in [0.5, 0.6) is 0 Å². The van der Waals surface area contributed by atoms with Crippen molar-refractivity contribution >= 4 is 38.4 Å². The Kier molecular flexibility index (Phi) is 3.48. The van der Waals surface area contributed by atoms with Crippen LogP contribution in [0, 0.1) is 0 Å². The van der Waals surface area contributed by atoms with E-state index in [1.165, 1.54) is 11.3 Å². The summed E-state index contributed by atoms with van der Waals surface area (Å²) >= 11 is 1.45. The van der Waals surface area contributed by atoms with Crippen LogP contribution < -0.4 is 10.2 Å². The summed E-state index contributed by atoms with van der Waals surface area (Å²) in [5.74, 6) is -0.0349. The first kappa shape index (κ1) is 14.2. The second-order valence-electron chi connectivity index (χ2n) is 5.47. The summed E-state index contributed by atoms with van der Waals surface area (Å²) in [6.45, 7) is 0.508. The zero-order chi connectivity index (χ0) is 15.8. The highest BCUT2D eigenvalue weighted by molar-refractivity contribution is 7.22. The van der Waals surface area contributed by atoms with Crippen LogP contribution in [0.15, 0.2) is 48.5 Å². The molecular formula is C17H15N3O2S. The molecule has 2 amide bonds. The van der Waals surface area contributed by atoms with Gasteiger partial charge in [-0.05, 0) is 23.8 Å². The monoisotopic (exact) mass is 325 g/mol. The van der Waals surface area contributed by atoms with Gasteiger partial charge in [0.2, 0.25) is 0 Å². The molecule has 2 heterocycles. The summed E-state index contributed by atoms with van der Waals surface area (Å²) in [7, 11) is 0. The van der Waals surface area contributed by atoms with Crippen LogP contribution >= 0.6 is 11.3 Å². The molecule has 1 unspecified atom stereocenters. The number of aliphatic hydroxyl groups is 1. The molecule has 3 aromatic rings. The molecule has 5 nitrogen and oxygen atoms in total. The molecule has 0 fully saturated rings. The molecule has 2 aromatic carbocycles. The number of thiazole rings is 1. The minimum atomic E-state index is -0.215. The summed E-state index contributed by atoms with van der Waals surface area (Å²) in [4.78, 5) is 18.7. The number of nitrogens with zero attached hydrogens (tertiary/aromatic N) is 2. The molecule has 1 aromatic heterocycles. The molecule has 116 valence electrons. The first-order chi connectivity index (χ1) is 11.3. The smallest absolute Gasteiger partial charge is 0.328 e. The lowest BCUT2D eigenvalue weighted by Gasteiger charge is -2.17. The normalized spacial score (nSPS) is 16.6. The number of nitrogens with one attached hydrogen (secondary N) is 1. The molecule has 1 atom stereocenters. The van der Waals surface area contributed by atoms with Crippen LogP contribution in [0.2, 0.25) is 0 Å². The van der Waals surface area contributed by atoms with E-state index in [0.717, 1.165) is 21.5 Å². The van der Waals surface area contributed by atoms with E-state index < -0.39 is 0 Å². The minimum absolute atomic E-state index is 0.0297. The number of carbonyl (C=O) groups excluding carboxylic acids is 1. The third kappa shape index (κ3) is 2.46. The molecule has 23 heavy (non-hydrogen) atoms. The van der Waals surface area contributed by atoms with Gasteiger partial charge >= 0.3 is 6.03 Å². The predicted molar refractivity (Wildman–Crippen MR) is 92.3 cm³/mol. The van der Waals surface area contributed by atoms with Crippen molar-refractivity contribution in [3.05, 3.63) is 54.1 Å². The zero-order valence-electron chi connectivity index (χ0n) is 12.3. The Balaban J connectivity index is 1.60. The van der Waals surface area contributed by atoms with Gasteiger partial charge in [0.1, 0.15) is 0 Å². The number of aliphatic hydroxyl groups excluding tert-OH is 1. The van der Waals surface area contributed by atoms with Crippen LogP contribution in [-0.2, 0) is 0 Å². The second kappa shape index (κ2) is 5.64. The quantitative estimate of drug-likeness (QED) is 0.759. The molecule has 0 bridgehead atoms. The maximum absolute atomic E-state index is 12.6. The van der Waals surface area contributed by atoms with Gasteiger partial charge in [-0.2, -0.15) is 0 Å². The van der Waals surface area contributed by atoms with Gasteiger partial charge < -0.3 is 5.11 Å². The molecule has 1 aliphatic heterocycles. The van der Waals surface area contributed by atoms with Crippen molar-refractivity contribution in [2.45, 2.75) is 5.92 Å². The number of benzene rings is 2. The Hall–Kier alpha value is -2.44. The highest BCUT2D eigenvalue weighted by atomic mass is 32.1. The first-order valence-corrected chi connectivity index (χ1v) is 8.22. The predicted octanol–water partition coefficient (Wildman–Crippen LogP) is 3.42. The number of carbonyl (C=O) groups is 1. The Bertz CT molecular complexity index is 844. The van der Waals surface area contributed by atoms with Crippen LogP contribution in [0.1, 0.15) is 11.5 Å². The summed E-state index contributed by atoms with van der Waals surface area (Å²) in [6, 6.07) is 15.3. The van der Waals surface area contributed by atoms with Crippen molar-refractivity contribution in [1.82, 2.24) is 4.98 Å². The van der Waals surface area contributed by atoms with Crippen LogP contribution in [0.3, 0.4) is 0 Å². The van der Waals surface area contributed by atoms with Crippen LogP contribution in [-0.4, -0.2) is 29.3 Å². The fraction of sp³-hybridized carbons (Fsp3) is 0.176. The van der Waals surface area contributed by atoms with E-state index in [0.29, 0.717) is 11.7 Å². The van der Waals surface area contributed by atoms with E-state index in [1.807, 2.05) is 48.5 Å². The highest BCUT2D eigenvalue weighted by Crippen LogP contribution is 2.36. The molecule has 0 radical (unpaired) electrons. The third-order valence-corrected chi connectivity index (χ3v) is 5.00.